The molecule has 0 saturated carbocycles. The normalized spacial score (nSPS) is 15.1. The fourth-order valence-electron chi connectivity index (χ4n) is 7.61. The van der Waals surface area contributed by atoms with Crippen LogP contribution >= 0.6 is 12.2 Å². The van der Waals surface area contributed by atoms with Gasteiger partial charge in [0, 0.05) is 61.6 Å². The van der Waals surface area contributed by atoms with E-state index in [2.05, 4.69) is 22.9 Å². The van der Waals surface area contributed by atoms with Crippen LogP contribution in [0, 0.1) is 49.4 Å². The van der Waals surface area contributed by atoms with E-state index in [0.29, 0.717) is 31.9 Å². The smallest absolute Gasteiger partial charge is 0.243 e. The average Bonchev–Trinajstić information content (AvgIpc) is 3.29. The molecule has 0 spiro atoms. The van der Waals surface area contributed by atoms with Gasteiger partial charge < -0.3 is 20.5 Å². The second-order valence-electron chi connectivity index (χ2n) is 17.0. The summed E-state index contributed by atoms with van der Waals surface area (Å²) in [6.07, 6.45) is 20.0. The summed E-state index contributed by atoms with van der Waals surface area (Å²) >= 11 is 5.50. The number of amides is 1. The molecule has 1 amide bonds. The first-order valence-corrected chi connectivity index (χ1v) is 25.7. The van der Waals surface area contributed by atoms with Crippen molar-refractivity contribution in [3.8, 4) is 0 Å². The van der Waals surface area contributed by atoms with Crippen LogP contribution in [0.5, 0.6) is 0 Å². The summed E-state index contributed by atoms with van der Waals surface area (Å²) in [7, 11) is -4.74. The number of nitrogens with one attached hydrogen (secondary N) is 3. The number of rotatable bonds is 23. The molecule has 16 heteroatoms. The minimum absolute atomic E-state index is 0. The van der Waals surface area contributed by atoms with E-state index in [1.165, 1.54) is 77.0 Å². The zero-order valence-electron chi connectivity index (χ0n) is 39.8. The van der Waals surface area contributed by atoms with Crippen LogP contribution in [0.2, 0.25) is 0 Å². The van der Waals surface area contributed by atoms with Crippen molar-refractivity contribution in [2.75, 3.05) is 37.2 Å². The fourth-order valence-corrected chi connectivity index (χ4v) is 8.51. The van der Waals surface area contributed by atoms with Crippen LogP contribution in [0.1, 0.15) is 172 Å². The van der Waals surface area contributed by atoms with E-state index in [4.69, 9.17) is 42.2 Å². The molecule has 13 nitrogen and oxygen atoms in total. The van der Waals surface area contributed by atoms with Crippen LogP contribution in [0.3, 0.4) is 0 Å². The molecule has 4 rings (SSSR count). The van der Waals surface area contributed by atoms with Gasteiger partial charge in [-0.1, -0.05) is 128 Å². The van der Waals surface area contributed by atoms with Gasteiger partial charge in [0.2, 0.25) is 5.91 Å². The van der Waals surface area contributed by atoms with Crippen LogP contribution in [0.4, 0.5) is 5.69 Å². The Kier molecular flexibility index (Phi) is 27.6. The van der Waals surface area contributed by atoms with E-state index in [0.717, 1.165) is 76.9 Å². The monoisotopic (exact) mass is 1080 g/mol. The Bertz CT molecular complexity index is 2200. The molecule has 4 bridgehead atoms. The first kappa shape index (κ1) is 57.2. The summed E-state index contributed by atoms with van der Waals surface area (Å²) in [4.78, 5) is 42.3. The van der Waals surface area contributed by atoms with E-state index < -0.39 is 27.8 Å². The molecule has 2 aromatic heterocycles. The maximum absolute atomic E-state index is 13.1. The van der Waals surface area contributed by atoms with Gasteiger partial charge in [-0.2, -0.15) is 0 Å². The fraction of sp³-hybridized carbons (Fsp3) is 0.560. The molecule has 0 fully saturated rings. The Morgan fingerprint density at radius 2 is 1.11 bits per heavy atom. The molecule has 66 heavy (non-hydrogen) atoms. The van der Waals surface area contributed by atoms with Gasteiger partial charge in [0.05, 0.1) is 87.2 Å². The zero-order valence-corrected chi connectivity index (χ0v) is 43.8. The van der Waals surface area contributed by atoms with Crippen LogP contribution in [-0.4, -0.2) is 94.8 Å². The number of anilines is 1. The summed E-state index contributed by atoms with van der Waals surface area (Å²) < 4.78 is 35.4. The van der Waals surface area contributed by atoms with Gasteiger partial charge in [-0.3, -0.25) is 24.8 Å². The third kappa shape index (κ3) is 22.3. The summed E-state index contributed by atoms with van der Waals surface area (Å²) in [5.41, 5.74) is 7.62. The molecule has 2 atom stereocenters. The predicted molar refractivity (Wildman–Crippen MR) is 271 cm³/mol. The first-order chi connectivity index (χ1) is 31.3. The number of hydrogen-bond donors (Lipinski definition) is 3. The van der Waals surface area contributed by atoms with Crippen molar-refractivity contribution in [2.24, 2.45) is 20.0 Å². The number of fused-ring (bicyclic) bond motifs is 4. The van der Waals surface area contributed by atoms with Gasteiger partial charge in [0.15, 0.2) is 5.11 Å². The molecule has 3 aromatic rings. The molecule has 2 unspecified atom stereocenters. The zero-order chi connectivity index (χ0) is 46.9. The second-order valence-corrected chi connectivity index (χ2v) is 18.9. The number of aliphatic imine (C=N–C) groups is 4. The van der Waals surface area contributed by atoms with Crippen LogP contribution in [0.15, 0.2) is 80.6 Å². The molecule has 1 aliphatic rings. The molecule has 3 heterocycles. The van der Waals surface area contributed by atoms with Crippen molar-refractivity contribution in [2.45, 2.75) is 149 Å². The molecule has 0 saturated heterocycles. The quantitative estimate of drug-likeness (QED) is 0.0472. The number of thiocarbonyl (C=S) groups is 1. The van der Waals surface area contributed by atoms with Crippen LogP contribution in [0.25, 0.3) is 0 Å². The molecule has 3 N–H and O–H groups in total. The summed E-state index contributed by atoms with van der Waals surface area (Å²) in [6, 6.07) is 17.4. The van der Waals surface area contributed by atoms with Crippen LogP contribution < -0.4 is 16.0 Å². The molecule has 1 radical (unpaired) electrons. The third-order valence-electron chi connectivity index (χ3n) is 11.5. The SMILES string of the molecule is CCCCCCCCCCCCCCCCCCNC(=O)C(CS(=O)(=O)[O-])NC(=S)Nc1ccc(C2CN=C(C)c3cccc(n3)C(C)=NCCN=C(C)c3cccc(n3)C(C)=N2)cc1.[Eu]. The largest absolute Gasteiger partial charge is 0.748 e. The predicted octanol–water partition coefficient (Wildman–Crippen LogP) is 9.75. The summed E-state index contributed by atoms with van der Waals surface area (Å²) in [6.45, 7) is 11.8. The van der Waals surface area contributed by atoms with Crippen molar-refractivity contribution < 1.29 is 67.1 Å². The van der Waals surface area contributed by atoms with Crippen molar-refractivity contribution >= 4 is 61.9 Å². The number of unbranched alkanes of at least 4 members (excludes halogenated alkanes) is 15. The number of benzene rings is 1. The minimum Gasteiger partial charge on any atom is -0.748 e. The van der Waals surface area contributed by atoms with E-state index in [9.17, 15) is 17.8 Å². The standard InChI is InChI=1S/C50H73N9O4S2.Eu/c1-6-7-8-9-10-11-12-13-14-15-16-17-18-19-20-21-32-53-49(60)48(36-65(61,62)63)59-50(64)56-42-30-28-41(29-31-42)47-35-54-39(4)45-26-22-24-43(57-45)37(2)51-33-34-52-38(3)44-25-23-27-46(58-44)40(5)55-47;/h22-31,47-48H,6-21,32-36H2,1-5H3,(H,53,60)(H2,56,59,64)(H,61,62,63);/p-1. The van der Waals surface area contributed by atoms with Gasteiger partial charge in [0.25, 0.3) is 0 Å². The van der Waals surface area contributed by atoms with Crippen LogP contribution in [-0.2, 0) is 14.9 Å². The van der Waals surface area contributed by atoms with Crippen molar-refractivity contribution in [1.82, 2.24) is 20.6 Å². The average molecular weight is 1080 g/mol. The molecule has 1 aliphatic heterocycles. The number of hydrogen-bond acceptors (Lipinski definition) is 11. The molecule has 0 aliphatic carbocycles. The Morgan fingerprint density at radius 3 is 1.58 bits per heavy atom. The Hall–Kier alpha value is -3.15. The number of nitrogens with zero attached hydrogens (tertiary/aromatic N) is 6. The van der Waals surface area contributed by atoms with E-state index >= 15 is 0 Å². The maximum Gasteiger partial charge on any atom is 0.243 e. The van der Waals surface area contributed by atoms with E-state index in [-0.39, 0.29) is 60.5 Å². The molecular weight excluding hydrogens is 1010 g/mol. The third-order valence-corrected chi connectivity index (χ3v) is 12.5. The van der Waals surface area contributed by atoms with E-state index in [1.807, 2.05) is 88.4 Å². The number of pyridine rings is 2. The van der Waals surface area contributed by atoms with Gasteiger partial charge in [-0.05, 0) is 88.3 Å². The first-order valence-electron chi connectivity index (χ1n) is 23.7. The summed E-state index contributed by atoms with van der Waals surface area (Å²) in [5, 5.41) is 8.58. The maximum atomic E-state index is 13.1. The van der Waals surface area contributed by atoms with Gasteiger partial charge in [0.1, 0.15) is 6.04 Å². The van der Waals surface area contributed by atoms with Gasteiger partial charge >= 0.3 is 0 Å². The number of aromatic nitrogens is 2. The van der Waals surface area contributed by atoms with Gasteiger partial charge in [-0.25, -0.2) is 18.4 Å². The Balaban J connectivity index is 0.0000116. The van der Waals surface area contributed by atoms with Crippen molar-refractivity contribution in [3.63, 3.8) is 0 Å². The topological polar surface area (TPSA) is 186 Å². The molecular formula is C50H72EuN9O4S2-. The number of carbonyl (C=O) groups excluding carboxylic acids is 1. The van der Waals surface area contributed by atoms with Crippen molar-refractivity contribution in [3.05, 3.63) is 89.0 Å². The van der Waals surface area contributed by atoms with Gasteiger partial charge in [-0.15, -0.1) is 0 Å². The summed E-state index contributed by atoms with van der Waals surface area (Å²) in [5.74, 6) is -1.53. The second kappa shape index (κ2) is 31.8. The van der Waals surface area contributed by atoms with Crippen molar-refractivity contribution in [1.29, 1.82) is 0 Å². The minimum atomic E-state index is -4.74. The van der Waals surface area contributed by atoms with E-state index in [1.54, 1.807) is 0 Å². The Labute approximate surface area is 441 Å². The molecule has 1 aromatic carbocycles. The number of carbonyl (C=O) groups is 1. The Morgan fingerprint density at radius 1 is 0.667 bits per heavy atom. The molecule has 361 valence electrons.